The van der Waals surface area contributed by atoms with Crippen molar-refractivity contribution in [1.82, 2.24) is 9.97 Å². The van der Waals surface area contributed by atoms with E-state index in [1.54, 1.807) is 24.3 Å². The molecule has 2 aromatic carbocycles. The Morgan fingerprint density at radius 3 is 2.52 bits per heavy atom. The highest BCUT2D eigenvalue weighted by atomic mass is 19.1. The molecular formula is C23H27FN4O3. The smallest absolute Gasteiger partial charge is 0.404 e. The van der Waals surface area contributed by atoms with E-state index >= 15 is 0 Å². The Morgan fingerprint density at radius 2 is 1.90 bits per heavy atom. The molecule has 1 aromatic heterocycles. The van der Waals surface area contributed by atoms with Gasteiger partial charge in [0, 0.05) is 18.5 Å². The van der Waals surface area contributed by atoms with E-state index in [2.05, 4.69) is 25.3 Å². The lowest BCUT2D eigenvalue weighted by atomic mass is 10.1. The van der Waals surface area contributed by atoms with Crippen molar-refractivity contribution in [3.05, 3.63) is 48.3 Å². The maximum atomic E-state index is 13.7. The molecular weight excluding hydrogens is 399 g/mol. The summed E-state index contributed by atoms with van der Waals surface area (Å²) in [6.07, 6.45) is 1.51. The third-order valence-electron chi connectivity index (χ3n) is 4.75. The summed E-state index contributed by atoms with van der Waals surface area (Å²) in [5.41, 5.74) is 5.94. The summed E-state index contributed by atoms with van der Waals surface area (Å²) in [6, 6.07) is 11.5. The second-order valence-electron chi connectivity index (χ2n) is 7.77. The number of aromatic nitrogens is 2. The van der Waals surface area contributed by atoms with Crippen LogP contribution in [-0.4, -0.2) is 40.9 Å². The monoisotopic (exact) mass is 426 g/mol. The van der Waals surface area contributed by atoms with E-state index in [1.165, 1.54) is 12.1 Å². The normalized spacial score (nSPS) is 13.2. The van der Waals surface area contributed by atoms with Gasteiger partial charge in [-0.15, -0.1) is 0 Å². The number of aromatic hydroxyl groups is 1. The molecule has 0 saturated carbocycles. The van der Waals surface area contributed by atoms with Gasteiger partial charge in [-0.3, -0.25) is 0 Å². The van der Waals surface area contributed by atoms with Crippen molar-refractivity contribution in [2.75, 3.05) is 24.6 Å². The van der Waals surface area contributed by atoms with Gasteiger partial charge in [-0.1, -0.05) is 26.0 Å². The maximum absolute atomic E-state index is 13.7. The Hall–Kier alpha value is -3.42. The van der Waals surface area contributed by atoms with Crippen molar-refractivity contribution >= 4 is 22.8 Å². The summed E-state index contributed by atoms with van der Waals surface area (Å²) in [6.45, 7) is 6.12. The lowest BCUT2D eigenvalue weighted by molar-refractivity contribution is 0.143. The van der Waals surface area contributed by atoms with Crippen molar-refractivity contribution in [3.63, 3.8) is 0 Å². The summed E-state index contributed by atoms with van der Waals surface area (Å²) >= 11 is 0. The van der Waals surface area contributed by atoms with Gasteiger partial charge < -0.3 is 20.5 Å². The minimum absolute atomic E-state index is 0.140. The van der Waals surface area contributed by atoms with Crippen molar-refractivity contribution < 1.29 is 19.0 Å². The van der Waals surface area contributed by atoms with Gasteiger partial charge in [0.25, 0.3) is 0 Å². The third kappa shape index (κ3) is 5.81. The first kappa shape index (κ1) is 22.3. The first-order valence-electron chi connectivity index (χ1n) is 10.3. The van der Waals surface area contributed by atoms with Crippen LogP contribution in [0.25, 0.3) is 22.3 Å². The largest absolute Gasteiger partial charge is 0.507 e. The molecule has 1 amide bonds. The van der Waals surface area contributed by atoms with E-state index in [-0.39, 0.29) is 11.6 Å². The number of nitrogens with two attached hydrogens (primary N) is 1. The fourth-order valence-electron chi connectivity index (χ4n) is 3.29. The fraction of sp³-hybridized carbons (Fsp3) is 0.348. The van der Waals surface area contributed by atoms with Crippen molar-refractivity contribution in [3.8, 4) is 17.1 Å². The van der Waals surface area contributed by atoms with Gasteiger partial charge >= 0.3 is 6.09 Å². The molecule has 1 saturated heterocycles. The van der Waals surface area contributed by atoms with Crippen LogP contribution in [0.3, 0.4) is 0 Å². The number of benzene rings is 2. The lowest BCUT2D eigenvalue weighted by Gasteiger charge is -2.19. The summed E-state index contributed by atoms with van der Waals surface area (Å²) in [4.78, 5) is 21.2. The molecule has 1 aliphatic heterocycles. The molecule has 1 aliphatic rings. The van der Waals surface area contributed by atoms with Crippen LogP contribution in [0.1, 0.15) is 26.7 Å². The first-order chi connectivity index (χ1) is 14.8. The van der Waals surface area contributed by atoms with Gasteiger partial charge in [-0.05, 0) is 49.1 Å². The van der Waals surface area contributed by atoms with Crippen molar-refractivity contribution in [1.29, 1.82) is 0 Å². The number of carbonyl (C=O) groups excluding carboxylic acids is 1. The zero-order valence-corrected chi connectivity index (χ0v) is 17.7. The molecule has 1 fully saturated rings. The molecule has 0 atom stereocenters. The number of para-hydroxylation sites is 1. The quantitative estimate of drug-likeness (QED) is 0.638. The number of phenolic OH excluding ortho intramolecular Hbond substituents is 1. The minimum atomic E-state index is -0.696. The Morgan fingerprint density at radius 1 is 1.19 bits per heavy atom. The van der Waals surface area contributed by atoms with Gasteiger partial charge in [0.1, 0.15) is 17.4 Å². The van der Waals surface area contributed by atoms with E-state index in [4.69, 9.17) is 0 Å². The maximum Gasteiger partial charge on any atom is 0.404 e. The molecule has 3 N–H and O–H groups in total. The molecule has 31 heavy (non-hydrogen) atoms. The van der Waals surface area contributed by atoms with Crippen LogP contribution in [0, 0.1) is 11.7 Å². The molecule has 3 aromatic rings. The second kappa shape index (κ2) is 10.1. The lowest BCUT2D eigenvalue weighted by Crippen LogP contribution is -2.20. The van der Waals surface area contributed by atoms with E-state index in [0.717, 1.165) is 31.7 Å². The molecule has 4 rings (SSSR count). The zero-order chi connectivity index (χ0) is 22.4. The summed E-state index contributed by atoms with van der Waals surface area (Å²) in [5.74, 6) is 1.41. The zero-order valence-electron chi connectivity index (χ0n) is 17.7. The number of rotatable bonds is 4. The Balaban J connectivity index is 0.000000293. The number of fused-ring (bicyclic) bond motifs is 1. The number of anilines is 1. The predicted molar refractivity (Wildman–Crippen MR) is 118 cm³/mol. The highest BCUT2D eigenvalue weighted by molar-refractivity contribution is 5.91. The number of carbonyl (C=O) groups is 1. The fourth-order valence-corrected chi connectivity index (χ4v) is 3.29. The van der Waals surface area contributed by atoms with E-state index in [1.807, 2.05) is 19.9 Å². The molecule has 0 spiro atoms. The van der Waals surface area contributed by atoms with Crippen LogP contribution < -0.4 is 10.6 Å². The van der Waals surface area contributed by atoms with Gasteiger partial charge in [0.15, 0.2) is 5.82 Å². The molecule has 0 bridgehead atoms. The first-order valence-corrected chi connectivity index (χ1v) is 10.3. The number of halogens is 1. The average molecular weight is 426 g/mol. The van der Waals surface area contributed by atoms with Crippen LogP contribution in [0.15, 0.2) is 42.5 Å². The van der Waals surface area contributed by atoms with Gasteiger partial charge in [-0.2, -0.15) is 0 Å². The Kier molecular flexibility index (Phi) is 7.23. The van der Waals surface area contributed by atoms with Crippen LogP contribution in [-0.2, 0) is 4.74 Å². The number of nitrogens with zero attached hydrogens (tertiary/aromatic N) is 3. The SMILES string of the molecule is CC(C)COC(N)=O.Oc1ccccc1-c1nc(N2CCCC2)c2cc(F)ccc2n1. The van der Waals surface area contributed by atoms with Gasteiger partial charge in [-0.25, -0.2) is 19.2 Å². The van der Waals surface area contributed by atoms with E-state index in [0.29, 0.717) is 34.8 Å². The standard InChI is InChI=1S/C18H16FN3O.C5H11NO2/c19-12-7-8-15-14(11-12)18(22-9-3-4-10-22)21-17(20-15)13-5-1-2-6-16(13)23;1-4(2)3-8-5(6)7/h1-2,5-8,11,23H,3-4,9-10H2;4H,3H2,1-2H3,(H2,6,7). The number of hydrogen-bond donors (Lipinski definition) is 2. The minimum Gasteiger partial charge on any atom is -0.507 e. The number of ether oxygens (including phenoxy) is 1. The highest BCUT2D eigenvalue weighted by Crippen LogP contribution is 2.32. The number of primary amides is 1. The van der Waals surface area contributed by atoms with E-state index < -0.39 is 6.09 Å². The Bertz CT molecular complexity index is 1050. The topological polar surface area (TPSA) is 102 Å². The molecule has 0 radical (unpaired) electrons. The Labute approximate surface area is 180 Å². The van der Waals surface area contributed by atoms with Gasteiger partial charge in [0.2, 0.25) is 0 Å². The van der Waals surface area contributed by atoms with Crippen LogP contribution in [0.2, 0.25) is 0 Å². The third-order valence-corrected chi connectivity index (χ3v) is 4.75. The molecule has 8 heteroatoms. The number of amides is 1. The van der Waals surface area contributed by atoms with Crippen LogP contribution in [0.5, 0.6) is 5.75 Å². The van der Waals surface area contributed by atoms with E-state index in [9.17, 15) is 14.3 Å². The highest BCUT2D eigenvalue weighted by Gasteiger charge is 2.20. The molecule has 0 aliphatic carbocycles. The van der Waals surface area contributed by atoms with Crippen LogP contribution in [0.4, 0.5) is 15.0 Å². The molecule has 2 heterocycles. The summed E-state index contributed by atoms with van der Waals surface area (Å²) in [7, 11) is 0. The molecule has 7 nitrogen and oxygen atoms in total. The summed E-state index contributed by atoms with van der Waals surface area (Å²) < 4.78 is 18.1. The number of phenols is 1. The molecule has 164 valence electrons. The molecule has 0 unspecified atom stereocenters. The predicted octanol–water partition coefficient (Wildman–Crippen LogP) is 4.48. The van der Waals surface area contributed by atoms with Crippen molar-refractivity contribution in [2.45, 2.75) is 26.7 Å². The number of hydrogen-bond acceptors (Lipinski definition) is 6. The van der Waals surface area contributed by atoms with Crippen molar-refractivity contribution in [2.24, 2.45) is 11.7 Å². The second-order valence-corrected chi connectivity index (χ2v) is 7.77. The van der Waals surface area contributed by atoms with Gasteiger partial charge in [0.05, 0.1) is 17.7 Å². The van der Waals surface area contributed by atoms with Crippen LogP contribution >= 0.6 is 0 Å². The average Bonchev–Trinajstić information content (AvgIpc) is 3.27. The summed E-state index contributed by atoms with van der Waals surface area (Å²) in [5, 5.41) is 10.8.